The molecule has 5 aliphatic rings. The highest BCUT2D eigenvalue weighted by molar-refractivity contribution is 7.00. The van der Waals surface area contributed by atoms with E-state index in [2.05, 4.69) is 299 Å². The van der Waals surface area contributed by atoms with Gasteiger partial charge < -0.3 is 9.13 Å². The van der Waals surface area contributed by atoms with Gasteiger partial charge in [0, 0.05) is 60.2 Å². The second-order valence-electron chi connectivity index (χ2n) is 28.3. The molecule has 3 aliphatic carbocycles. The van der Waals surface area contributed by atoms with Gasteiger partial charge >= 0.3 is 0 Å². The topological polar surface area (TPSA) is 9.86 Å². The van der Waals surface area contributed by atoms with Crippen molar-refractivity contribution >= 4 is 99.0 Å². The highest BCUT2D eigenvalue weighted by Gasteiger charge is 2.43. The first kappa shape index (κ1) is 49.5. The summed E-state index contributed by atoms with van der Waals surface area (Å²) in [6, 6.07) is 97.1. The number of hydrogen-bond donors (Lipinski definition) is 0. The Morgan fingerprint density at radius 1 is 0.244 bits per heavy atom. The van der Waals surface area contributed by atoms with Gasteiger partial charge in [0.25, 0.3) is 6.71 Å². The van der Waals surface area contributed by atoms with Crippen LogP contribution < -0.4 is 16.4 Å². The van der Waals surface area contributed by atoms with Crippen LogP contribution in [0.2, 0.25) is 0 Å². The molecule has 0 fully saturated rings. The van der Waals surface area contributed by atoms with Crippen molar-refractivity contribution < 1.29 is 0 Å². The van der Waals surface area contributed by atoms with Crippen LogP contribution in [-0.2, 0) is 16.2 Å². The van der Waals surface area contributed by atoms with Crippen LogP contribution in [0.4, 0.5) is 0 Å². The lowest BCUT2D eigenvalue weighted by Crippen LogP contribution is -2.59. The van der Waals surface area contributed by atoms with Crippen LogP contribution in [0.3, 0.4) is 0 Å². The number of rotatable bonds is 3. The summed E-state index contributed by atoms with van der Waals surface area (Å²) in [6.45, 7) is 14.3. The molecule has 0 bridgehead atoms. The second kappa shape index (κ2) is 16.6. The summed E-state index contributed by atoms with van der Waals surface area (Å²) in [6.07, 6.45) is 0. The predicted octanol–water partition coefficient (Wildman–Crippen LogP) is 20.4. The molecular formula is C87H59BN2. The lowest BCUT2D eigenvalue weighted by molar-refractivity contribution is 0.660. The van der Waals surface area contributed by atoms with Gasteiger partial charge in [-0.2, -0.15) is 0 Å². The Hall–Kier alpha value is -10.5. The molecule has 0 atom stereocenters. The summed E-state index contributed by atoms with van der Waals surface area (Å²) >= 11 is 0. The maximum absolute atomic E-state index is 2.68. The van der Waals surface area contributed by atoms with E-state index >= 15 is 0 Å². The third-order valence-corrected chi connectivity index (χ3v) is 22.8. The van der Waals surface area contributed by atoms with Crippen LogP contribution in [0.25, 0.3) is 154 Å². The van der Waals surface area contributed by atoms with Crippen LogP contribution in [0, 0.1) is 0 Å². The Morgan fingerprint density at radius 2 is 0.600 bits per heavy atom. The Bertz CT molecular complexity index is 6070. The largest absolute Gasteiger partial charge is 0.310 e. The molecule has 0 unspecified atom stereocenters. The maximum Gasteiger partial charge on any atom is 0.252 e. The predicted molar refractivity (Wildman–Crippen MR) is 381 cm³/mol. The summed E-state index contributed by atoms with van der Waals surface area (Å²) in [7, 11) is 0. The lowest BCUT2D eigenvalue weighted by atomic mass is 9.34. The van der Waals surface area contributed by atoms with Crippen LogP contribution in [0.1, 0.15) is 74.9 Å². The van der Waals surface area contributed by atoms with Crippen LogP contribution in [0.15, 0.2) is 249 Å². The fourth-order valence-electron chi connectivity index (χ4n) is 18.6. The van der Waals surface area contributed by atoms with Gasteiger partial charge in [-0.25, -0.2) is 0 Å². The molecule has 2 aromatic heterocycles. The number of benzene rings is 14. The molecule has 0 saturated heterocycles. The zero-order valence-electron chi connectivity index (χ0n) is 51.1. The lowest BCUT2D eigenvalue weighted by Gasteiger charge is -2.34. The van der Waals surface area contributed by atoms with Crippen molar-refractivity contribution in [3.63, 3.8) is 0 Å². The first-order valence-electron chi connectivity index (χ1n) is 32.3. The standard InChI is InChI=1S/C87H59BN2/c1-85(2)70-25-14-11-22-58(70)61-34-30-49(41-73(61)85)48-33-37-78-66(38-48)68-39-52(50-31-35-62-59-23-12-15-26-71(59)86(3,4)74(62)42-50)44-76-83(68)89(78)79-28-17-29-80-82(79)88(76)77-45-53(51-32-36-63-60-24-13-16-27-72(60)87(5,6)75(63)43-51)40-69-67-46-64-56-20-9-7-18-54(56)55-19-8-10-21-57(55)65(64)47-81(67)90(80)84(69)77/h7-47H,1-6H3. The first-order chi connectivity index (χ1) is 43.9. The van der Waals surface area contributed by atoms with E-state index in [1.165, 1.54) is 204 Å². The number of nitrogens with zero attached hydrogens (tertiary/aromatic N) is 2. The van der Waals surface area contributed by atoms with Crippen molar-refractivity contribution in [1.29, 1.82) is 0 Å². The third kappa shape index (κ3) is 6.02. The average molecular weight is 1140 g/mol. The number of aromatic nitrogens is 2. The summed E-state index contributed by atoms with van der Waals surface area (Å²) in [5.41, 5.74) is 35.1. The van der Waals surface area contributed by atoms with E-state index in [1.54, 1.807) is 0 Å². The molecule has 2 nitrogen and oxygen atoms in total. The first-order valence-corrected chi connectivity index (χ1v) is 32.3. The van der Waals surface area contributed by atoms with Gasteiger partial charge in [0.1, 0.15) is 0 Å². The zero-order chi connectivity index (χ0) is 59.6. The van der Waals surface area contributed by atoms with E-state index in [-0.39, 0.29) is 23.0 Å². The van der Waals surface area contributed by atoms with E-state index in [9.17, 15) is 0 Å². The molecule has 0 N–H and O–H groups in total. The average Bonchev–Trinajstić information content (AvgIpc) is 1.44. The van der Waals surface area contributed by atoms with Gasteiger partial charge in [-0.3, -0.25) is 0 Å². The SMILES string of the molecule is CC1(C)c2ccccc2-c2ccc(-c3ccc4c(c3)c3cc(-c5ccc6c(c5)C(C)(C)c5ccccc5-6)cc5c3n4-c3cccc4c3B5c3cc(-c5ccc6c(c5)C(C)(C)c5ccccc5-6)cc5c6cc7c8ccccc8c8ccccc8c7cc6n-4c35)cc21. The smallest absolute Gasteiger partial charge is 0.252 e. The van der Waals surface area contributed by atoms with Gasteiger partial charge in [0.05, 0.1) is 11.0 Å². The van der Waals surface area contributed by atoms with Gasteiger partial charge in [-0.15, -0.1) is 0 Å². The fourth-order valence-corrected chi connectivity index (χ4v) is 18.6. The Labute approximate surface area is 523 Å². The summed E-state index contributed by atoms with van der Waals surface area (Å²) < 4.78 is 5.33. The highest BCUT2D eigenvalue weighted by atomic mass is 15.0. The fraction of sp³-hybridized carbons (Fsp3) is 0.103. The molecule has 4 heterocycles. The Balaban J connectivity index is 0.871. The van der Waals surface area contributed by atoms with Gasteiger partial charge in [0.2, 0.25) is 0 Å². The monoisotopic (exact) mass is 1140 g/mol. The number of fused-ring (bicyclic) bond motifs is 25. The van der Waals surface area contributed by atoms with Crippen molar-refractivity contribution in [3.05, 3.63) is 282 Å². The molecule has 3 heteroatoms. The van der Waals surface area contributed by atoms with Gasteiger partial charge in [0.15, 0.2) is 0 Å². The van der Waals surface area contributed by atoms with Crippen LogP contribution in [0.5, 0.6) is 0 Å². The van der Waals surface area contributed by atoms with Crippen molar-refractivity contribution in [2.24, 2.45) is 0 Å². The van der Waals surface area contributed by atoms with E-state index in [0.29, 0.717) is 0 Å². The quantitative estimate of drug-likeness (QED) is 0.123. The van der Waals surface area contributed by atoms with E-state index < -0.39 is 0 Å². The Morgan fingerprint density at radius 3 is 1.08 bits per heavy atom. The van der Waals surface area contributed by atoms with Gasteiger partial charge in [-0.1, -0.05) is 224 Å². The highest BCUT2D eigenvalue weighted by Crippen LogP contribution is 2.54. The second-order valence-corrected chi connectivity index (χ2v) is 28.3. The molecular weight excluding hydrogens is 1080 g/mol. The minimum atomic E-state index is -0.146. The summed E-state index contributed by atoms with van der Waals surface area (Å²) in [5, 5.41) is 12.9. The van der Waals surface area contributed by atoms with Gasteiger partial charge in [-0.05, 0) is 216 Å². The number of hydrogen-bond acceptors (Lipinski definition) is 0. The molecule has 90 heavy (non-hydrogen) atoms. The molecule has 420 valence electrons. The van der Waals surface area contributed by atoms with Crippen LogP contribution >= 0.6 is 0 Å². The van der Waals surface area contributed by atoms with Crippen LogP contribution in [-0.4, -0.2) is 15.8 Å². The minimum absolute atomic E-state index is 0.0870. The van der Waals surface area contributed by atoms with Crippen molar-refractivity contribution in [3.8, 4) is 78.1 Å². The molecule has 21 rings (SSSR count). The molecule has 2 aliphatic heterocycles. The van der Waals surface area contributed by atoms with Crippen molar-refractivity contribution in [2.75, 3.05) is 0 Å². The summed E-state index contributed by atoms with van der Waals surface area (Å²) in [5.74, 6) is 0. The van der Waals surface area contributed by atoms with E-state index in [0.717, 1.165) is 0 Å². The van der Waals surface area contributed by atoms with Crippen molar-refractivity contribution in [1.82, 2.24) is 9.13 Å². The van der Waals surface area contributed by atoms with Crippen molar-refractivity contribution in [2.45, 2.75) is 57.8 Å². The molecule has 0 saturated carbocycles. The molecule has 0 amide bonds. The minimum Gasteiger partial charge on any atom is -0.310 e. The van der Waals surface area contributed by atoms with E-state index in [1.807, 2.05) is 0 Å². The Kier molecular flexibility index (Phi) is 9.14. The maximum atomic E-state index is 2.68. The zero-order valence-corrected chi connectivity index (χ0v) is 51.1. The van der Waals surface area contributed by atoms with E-state index in [4.69, 9.17) is 0 Å². The molecule has 0 spiro atoms. The summed E-state index contributed by atoms with van der Waals surface area (Å²) in [4.78, 5) is 0. The normalized spacial score (nSPS) is 15.2. The molecule has 14 aromatic carbocycles. The molecule has 16 aromatic rings. The third-order valence-electron chi connectivity index (χ3n) is 22.8. The molecule has 0 radical (unpaired) electrons.